The summed E-state index contributed by atoms with van der Waals surface area (Å²) in [7, 11) is 0. The molecule has 780 valence electrons. The number of aliphatic hydroxyl groups excluding tert-OH is 28. The highest BCUT2D eigenvalue weighted by atomic mass is 16.8. The summed E-state index contributed by atoms with van der Waals surface area (Å²) >= 11 is 0. The van der Waals surface area contributed by atoms with Gasteiger partial charge in [0.1, 0.15) is 256 Å². The molecule has 33 N–H and O–H groups in total. The molecule has 11 aliphatic heterocycles. The van der Waals surface area contributed by atoms with Gasteiger partial charge in [0.05, 0.1) is 71.7 Å². The van der Waals surface area contributed by atoms with Crippen LogP contribution in [0.15, 0.2) is 0 Å². The van der Waals surface area contributed by atoms with Crippen LogP contribution in [0.3, 0.4) is 0 Å². The number of rotatable bonds is 34. The van der Waals surface area contributed by atoms with Crippen LogP contribution in [0.4, 0.5) is 0 Å². The van der Waals surface area contributed by atoms with Crippen molar-refractivity contribution in [3.8, 4) is 0 Å². The van der Waals surface area contributed by atoms with Gasteiger partial charge in [0, 0.05) is 34.6 Å². The fourth-order valence-corrected chi connectivity index (χ4v) is 17.6. The van der Waals surface area contributed by atoms with Gasteiger partial charge in [-0.25, -0.2) is 0 Å². The average molecular weight is 1970 g/mol. The highest BCUT2D eigenvalue weighted by Crippen LogP contribution is 2.42. The van der Waals surface area contributed by atoms with E-state index in [1.165, 1.54) is 13.8 Å². The molecular formula is C76H127N5O54. The first-order valence-corrected chi connectivity index (χ1v) is 43.4. The maximum atomic E-state index is 13.6. The zero-order chi connectivity index (χ0) is 99.4. The Hall–Kier alpha value is -4.61. The normalized spacial score (nSPS) is 49.5. The minimum absolute atomic E-state index is 0.867. The first-order valence-electron chi connectivity index (χ1n) is 43.4. The second-order valence-electron chi connectivity index (χ2n) is 34.5. The van der Waals surface area contributed by atoms with Gasteiger partial charge in [-0.3, -0.25) is 24.0 Å². The average Bonchev–Trinajstić information content (AvgIpc) is 0.760. The summed E-state index contributed by atoms with van der Waals surface area (Å²) in [6.07, 6.45) is -106. The van der Waals surface area contributed by atoms with E-state index in [4.69, 9.17) is 99.5 Å². The zero-order valence-electron chi connectivity index (χ0n) is 73.3. The maximum absolute atomic E-state index is 13.6. The van der Waals surface area contributed by atoms with E-state index in [9.17, 15) is 167 Å². The van der Waals surface area contributed by atoms with Crippen LogP contribution in [0.1, 0.15) is 48.5 Å². The van der Waals surface area contributed by atoms with Crippen molar-refractivity contribution in [3.05, 3.63) is 0 Å². The number of ether oxygens (including phenoxy) is 21. The van der Waals surface area contributed by atoms with Crippen molar-refractivity contribution in [2.75, 3.05) is 59.5 Å². The molecule has 0 aromatic rings. The van der Waals surface area contributed by atoms with Gasteiger partial charge >= 0.3 is 0 Å². The molecule has 0 aliphatic carbocycles. The summed E-state index contributed by atoms with van der Waals surface area (Å²) < 4.78 is 128. The summed E-state index contributed by atoms with van der Waals surface area (Å²) in [5.74, 6) is -4.79. The first-order chi connectivity index (χ1) is 63.8. The number of carbonyl (C=O) groups is 5. The van der Waals surface area contributed by atoms with E-state index < -0.39 is 426 Å². The maximum Gasteiger partial charge on any atom is 0.217 e. The van der Waals surface area contributed by atoms with E-state index in [-0.39, 0.29) is 0 Å². The van der Waals surface area contributed by atoms with Crippen molar-refractivity contribution < 1.29 is 266 Å². The fraction of sp³-hybridized carbons (Fsp3) is 0.934. The third-order valence-electron chi connectivity index (χ3n) is 24.9. The number of carbonyl (C=O) groups excluding carboxylic acids is 5. The summed E-state index contributed by atoms with van der Waals surface area (Å²) in [4.78, 5) is 65.2. The van der Waals surface area contributed by atoms with E-state index in [0.717, 1.165) is 34.6 Å². The molecular weight excluding hydrogens is 1850 g/mol. The van der Waals surface area contributed by atoms with E-state index >= 15 is 0 Å². The van der Waals surface area contributed by atoms with Gasteiger partial charge in [-0.05, 0) is 13.8 Å². The molecule has 59 nitrogen and oxygen atoms in total. The lowest BCUT2D eigenvalue weighted by Gasteiger charge is -2.52. The molecule has 11 aliphatic rings. The Morgan fingerprint density at radius 1 is 0.207 bits per heavy atom. The van der Waals surface area contributed by atoms with Crippen LogP contribution in [0, 0.1) is 0 Å². The van der Waals surface area contributed by atoms with Gasteiger partial charge in [0.2, 0.25) is 29.5 Å². The third kappa shape index (κ3) is 24.7. The molecule has 0 radical (unpaired) electrons. The highest BCUT2D eigenvalue weighted by molar-refractivity contribution is 5.75. The lowest BCUT2D eigenvalue weighted by Crippen LogP contribution is -2.71. The van der Waals surface area contributed by atoms with Crippen LogP contribution in [0.5, 0.6) is 0 Å². The van der Waals surface area contributed by atoms with Gasteiger partial charge in [-0.15, -0.1) is 0 Å². The van der Waals surface area contributed by atoms with Crippen LogP contribution in [-0.4, -0.2) is 569 Å². The molecule has 5 amide bonds. The lowest BCUT2D eigenvalue weighted by molar-refractivity contribution is -0.404. The van der Waals surface area contributed by atoms with Crippen molar-refractivity contribution in [2.24, 2.45) is 0 Å². The molecule has 11 fully saturated rings. The van der Waals surface area contributed by atoms with E-state index in [2.05, 4.69) is 26.6 Å². The molecule has 0 aromatic carbocycles. The Kier molecular flexibility index (Phi) is 39.5. The minimum atomic E-state index is -2.72. The van der Waals surface area contributed by atoms with E-state index in [0.29, 0.717) is 0 Å². The van der Waals surface area contributed by atoms with Gasteiger partial charge < -0.3 is 269 Å². The first kappa shape index (κ1) is 111. The smallest absolute Gasteiger partial charge is 0.217 e. The third-order valence-corrected chi connectivity index (χ3v) is 24.9. The van der Waals surface area contributed by atoms with Crippen molar-refractivity contribution in [2.45, 2.75) is 386 Å². The molecule has 0 bridgehead atoms. The standard InChI is InChI=1S/C76H127N5O54/c1-17-38(94)49(105)53(109)71(117-17)115-16-32-60(47(103)33(66(114)119-32)77-19(3)89)129-69-36(80-22(6)92)48(104)58(28(12-86)124-69)130-74-57(113)63(133-76-65(135-68-35(79-21(5)91)46(102)41(97)25(9-83)121-68)56(112)59(29(13-87)126-76)128-67-34(78-20(4)90)45(101)40(96)24(8-82)120-67)44(100)31(127-74)15-116-75-64(52(108)43(99)27(11-85)123-75)134-70-37(81-23(7)93)62(132-72-54(110)50(106)39(95)18(2)118-72)61(30(14-88)125-70)131-73-55(111)51(107)42(98)26(10-84)122-73/h17-18,24-76,82-88,94-114H,8-16H2,1-7H3,(H,77,89)(H,78,90)(H,79,91)(H,80,92)(H,81,93)/t17-,18-,24+,25+,26+,27+,28+,29+,30+,31+,32+,33+,34+,35+,36+,37+,38+,39+,40+,41+,42-,43+,44+,45+,46+,47+,48+,49+,50+,51-,52-,53-,54-,55+,56-,57-,58+,59+,60+,61+,62+,63-,64-,65-,66+,67-,68-,69-,70-,71+,72-,73-,74-,75-,76+/m0/s1. The second-order valence-corrected chi connectivity index (χ2v) is 34.5. The quantitative estimate of drug-likeness (QED) is 0.0284. The van der Waals surface area contributed by atoms with E-state index in [1.54, 1.807) is 0 Å². The van der Waals surface area contributed by atoms with Crippen molar-refractivity contribution in [3.63, 3.8) is 0 Å². The van der Waals surface area contributed by atoms with Crippen LogP contribution < -0.4 is 26.6 Å². The lowest BCUT2D eigenvalue weighted by atomic mass is 9.93. The number of nitrogens with one attached hydrogen (secondary N) is 5. The molecule has 59 heteroatoms. The van der Waals surface area contributed by atoms with Gasteiger partial charge in [0.15, 0.2) is 69.2 Å². The number of hydrogen-bond acceptors (Lipinski definition) is 54. The summed E-state index contributed by atoms with van der Waals surface area (Å²) in [5.41, 5.74) is 0. The highest BCUT2D eigenvalue weighted by Gasteiger charge is 2.63. The van der Waals surface area contributed by atoms with Crippen LogP contribution in [0.2, 0.25) is 0 Å². The molecule has 0 aromatic heterocycles. The number of amides is 5. The van der Waals surface area contributed by atoms with Crippen molar-refractivity contribution >= 4 is 29.5 Å². The van der Waals surface area contributed by atoms with Crippen LogP contribution in [0.25, 0.3) is 0 Å². The summed E-state index contributed by atoms with van der Waals surface area (Å²) in [5, 5.41) is 329. The number of aliphatic hydroxyl groups is 28. The molecule has 0 unspecified atom stereocenters. The zero-order valence-corrected chi connectivity index (χ0v) is 73.3. The molecule has 135 heavy (non-hydrogen) atoms. The van der Waals surface area contributed by atoms with Crippen LogP contribution in [-0.2, 0) is 123 Å². The molecule has 55 atom stereocenters. The molecule has 0 saturated carbocycles. The Morgan fingerprint density at radius 2 is 0.489 bits per heavy atom. The Bertz CT molecular complexity index is 3750. The van der Waals surface area contributed by atoms with Gasteiger partial charge in [-0.2, -0.15) is 0 Å². The predicted octanol–water partition coefficient (Wildman–Crippen LogP) is -22.2. The molecule has 11 saturated heterocycles. The monoisotopic (exact) mass is 1970 g/mol. The predicted molar refractivity (Wildman–Crippen MR) is 417 cm³/mol. The molecule has 0 spiro atoms. The van der Waals surface area contributed by atoms with Crippen molar-refractivity contribution in [1.29, 1.82) is 0 Å². The molecule has 11 heterocycles. The Labute approximate surface area is 765 Å². The Morgan fingerprint density at radius 3 is 0.963 bits per heavy atom. The molecule has 11 rings (SSSR count). The fourth-order valence-electron chi connectivity index (χ4n) is 17.6. The van der Waals surface area contributed by atoms with Gasteiger partial charge in [-0.1, -0.05) is 0 Å². The van der Waals surface area contributed by atoms with Crippen molar-refractivity contribution in [1.82, 2.24) is 26.6 Å². The summed E-state index contributed by atoms with van der Waals surface area (Å²) in [6, 6.07) is -9.72. The largest absolute Gasteiger partial charge is 0.394 e. The number of hydrogen-bond donors (Lipinski definition) is 33. The second kappa shape index (κ2) is 48.2. The van der Waals surface area contributed by atoms with E-state index in [1.807, 2.05) is 0 Å². The summed E-state index contributed by atoms with van der Waals surface area (Å²) in [6.45, 7) is -3.32. The van der Waals surface area contributed by atoms with Gasteiger partial charge in [0.25, 0.3) is 0 Å². The SMILES string of the molecule is CC(=O)N[C@@H]1[C@@H](O)[C@H](O[C@@H]2O[C@H](CO)[C@@H](O[C@@H]3O[C@H](CO[C@H]4O[C@H](CO)[C@@H](O)[C@H](O)[C@@H]4O[C@@H]4O[C@H](CO)[C@@H](O[C@@H]5O[C@H](CO)[C@H](O)[C@H](O)[C@H]5O)[C@H](O[C@@H]5O[C@@H](C)[C@@H](O)[C@@H](O)[C@@H]5O)[C@H]4NC(C)=O)[C@@H](O)[C@H](O[C@H]4O[C@H](CO)[C@@H](O[C@@H]5O[C@H](CO)[C@@H](O)[C@H](O)[C@H]5NC(C)=O)[C@H](O)[C@@H]4O[C@@H]4O[C@H](CO)[C@@H](O)[C@H](O)[C@H]4NC(C)=O)[C@@H]3O)[C@H](O)[C@H]2NC(C)=O)[C@@H](CO[C@@H]2O[C@@H](C)[C@@H](O)[C@@H](O)[C@@H]2O)O[C@H]1O. The minimum Gasteiger partial charge on any atom is -0.394 e. The topological polar surface area (TPSA) is 906 Å². The Balaban J connectivity index is 0.980. The van der Waals surface area contributed by atoms with Crippen LogP contribution >= 0.6 is 0 Å².